The van der Waals surface area contributed by atoms with Crippen LogP contribution in [-0.4, -0.2) is 33.6 Å². The molecule has 0 aliphatic heterocycles. The second kappa shape index (κ2) is 4.77. The largest absolute Gasteiger partial charge is 0.389 e. The van der Waals surface area contributed by atoms with E-state index in [1.165, 1.54) is 0 Å². The molecular formula is C11H19N3O. The van der Waals surface area contributed by atoms with Gasteiger partial charge in [0.2, 0.25) is 0 Å². The summed E-state index contributed by atoms with van der Waals surface area (Å²) < 4.78 is 1.89. The van der Waals surface area contributed by atoms with E-state index in [1.807, 2.05) is 16.9 Å². The van der Waals surface area contributed by atoms with Crippen LogP contribution in [0.4, 0.5) is 0 Å². The molecule has 1 heterocycles. The van der Waals surface area contributed by atoms with E-state index in [0.717, 1.165) is 38.8 Å². The summed E-state index contributed by atoms with van der Waals surface area (Å²) in [5, 5.41) is 17.5. The van der Waals surface area contributed by atoms with Gasteiger partial charge in [-0.2, -0.15) is 5.10 Å². The van der Waals surface area contributed by atoms with Crippen molar-refractivity contribution in [3.8, 4) is 0 Å². The Morgan fingerprint density at radius 1 is 1.40 bits per heavy atom. The van der Waals surface area contributed by atoms with Gasteiger partial charge in [0.25, 0.3) is 0 Å². The zero-order valence-corrected chi connectivity index (χ0v) is 9.02. The highest BCUT2D eigenvalue weighted by Crippen LogP contribution is 2.28. The molecule has 0 bridgehead atoms. The highest BCUT2D eigenvalue weighted by atomic mass is 16.3. The standard InChI is InChI=1S/C11H19N3O/c15-11(4-1-2-5-11)10-12-7-9-14-8-3-6-13-14/h3,6,8,12,15H,1-2,4-5,7,9-10H2. The normalized spacial score (nSPS) is 19.5. The summed E-state index contributed by atoms with van der Waals surface area (Å²) >= 11 is 0. The van der Waals surface area contributed by atoms with E-state index in [2.05, 4.69) is 10.4 Å². The second-order valence-electron chi connectivity index (χ2n) is 4.38. The molecule has 0 spiro atoms. The third kappa shape index (κ3) is 3.04. The lowest BCUT2D eigenvalue weighted by atomic mass is 10.0. The molecule has 1 aromatic heterocycles. The molecule has 0 aromatic carbocycles. The minimum Gasteiger partial charge on any atom is -0.389 e. The van der Waals surface area contributed by atoms with Gasteiger partial charge in [-0.3, -0.25) is 4.68 Å². The van der Waals surface area contributed by atoms with Gasteiger partial charge in [-0.05, 0) is 18.9 Å². The number of nitrogens with zero attached hydrogens (tertiary/aromatic N) is 2. The monoisotopic (exact) mass is 209 g/mol. The summed E-state index contributed by atoms with van der Waals surface area (Å²) in [5.41, 5.74) is -0.440. The first-order chi connectivity index (χ1) is 7.29. The van der Waals surface area contributed by atoms with Crippen molar-refractivity contribution in [3.63, 3.8) is 0 Å². The maximum absolute atomic E-state index is 10.1. The van der Waals surface area contributed by atoms with Gasteiger partial charge >= 0.3 is 0 Å². The van der Waals surface area contributed by atoms with Crippen LogP contribution in [0.15, 0.2) is 18.5 Å². The lowest BCUT2D eigenvalue weighted by Gasteiger charge is -2.22. The molecule has 0 saturated heterocycles. The van der Waals surface area contributed by atoms with Gasteiger partial charge in [-0.25, -0.2) is 0 Å². The van der Waals surface area contributed by atoms with Crippen molar-refractivity contribution in [1.82, 2.24) is 15.1 Å². The number of nitrogens with one attached hydrogen (secondary N) is 1. The Morgan fingerprint density at radius 3 is 2.87 bits per heavy atom. The van der Waals surface area contributed by atoms with Gasteiger partial charge in [0.05, 0.1) is 12.1 Å². The van der Waals surface area contributed by atoms with Crippen LogP contribution < -0.4 is 5.32 Å². The summed E-state index contributed by atoms with van der Waals surface area (Å²) in [6, 6.07) is 1.92. The van der Waals surface area contributed by atoms with Crippen LogP contribution in [0, 0.1) is 0 Å². The molecule has 1 saturated carbocycles. The van der Waals surface area contributed by atoms with Crippen molar-refractivity contribution in [2.45, 2.75) is 37.8 Å². The first kappa shape index (κ1) is 10.6. The van der Waals surface area contributed by atoms with Crippen LogP contribution in [0.1, 0.15) is 25.7 Å². The van der Waals surface area contributed by atoms with Crippen molar-refractivity contribution >= 4 is 0 Å². The van der Waals surface area contributed by atoms with Gasteiger partial charge in [0, 0.05) is 25.5 Å². The highest BCUT2D eigenvalue weighted by Gasteiger charge is 2.30. The van der Waals surface area contributed by atoms with Crippen LogP contribution in [0.3, 0.4) is 0 Å². The zero-order chi connectivity index (χ0) is 10.6. The Morgan fingerprint density at radius 2 is 2.20 bits per heavy atom. The lowest BCUT2D eigenvalue weighted by Crippen LogP contribution is -2.39. The fraction of sp³-hybridized carbons (Fsp3) is 0.727. The summed E-state index contributed by atoms with van der Waals surface area (Å²) in [5.74, 6) is 0. The van der Waals surface area contributed by atoms with Crippen molar-refractivity contribution in [2.24, 2.45) is 0 Å². The SMILES string of the molecule is OC1(CNCCn2cccn2)CCCC1. The zero-order valence-electron chi connectivity index (χ0n) is 9.02. The molecule has 0 radical (unpaired) electrons. The molecular weight excluding hydrogens is 190 g/mol. The van der Waals surface area contributed by atoms with Gasteiger partial charge in [0.15, 0.2) is 0 Å². The van der Waals surface area contributed by atoms with Gasteiger partial charge in [0.1, 0.15) is 0 Å². The summed E-state index contributed by atoms with van der Waals surface area (Å²) in [7, 11) is 0. The first-order valence-electron chi connectivity index (χ1n) is 5.69. The average Bonchev–Trinajstić information content (AvgIpc) is 2.84. The molecule has 4 heteroatoms. The Kier molecular flexibility index (Phi) is 3.38. The van der Waals surface area contributed by atoms with Crippen molar-refractivity contribution in [1.29, 1.82) is 0 Å². The molecule has 2 N–H and O–H groups in total. The summed E-state index contributed by atoms with van der Waals surface area (Å²) in [4.78, 5) is 0. The van der Waals surface area contributed by atoms with Crippen molar-refractivity contribution < 1.29 is 5.11 Å². The topological polar surface area (TPSA) is 50.1 Å². The molecule has 4 nitrogen and oxygen atoms in total. The summed E-state index contributed by atoms with van der Waals surface area (Å²) in [6.45, 7) is 2.45. The van der Waals surface area contributed by atoms with E-state index in [1.54, 1.807) is 6.20 Å². The molecule has 1 aliphatic rings. The molecule has 1 aromatic rings. The van der Waals surface area contributed by atoms with Crippen molar-refractivity contribution in [3.05, 3.63) is 18.5 Å². The molecule has 1 fully saturated rings. The van der Waals surface area contributed by atoms with Crippen LogP contribution >= 0.6 is 0 Å². The molecule has 2 rings (SSSR count). The predicted octanol–water partition coefficient (Wildman–Crippen LogP) is 0.778. The van der Waals surface area contributed by atoms with E-state index >= 15 is 0 Å². The van der Waals surface area contributed by atoms with E-state index in [-0.39, 0.29) is 0 Å². The molecule has 0 amide bonds. The van der Waals surface area contributed by atoms with Crippen LogP contribution in [0.5, 0.6) is 0 Å². The van der Waals surface area contributed by atoms with Gasteiger partial charge in [-0.15, -0.1) is 0 Å². The Balaban J connectivity index is 1.62. The molecule has 1 aliphatic carbocycles. The Bertz CT molecular complexity index is 278. The number of aromatic nitrogens is 2. The van der Waals surface area contributed by atoms with Gasteiger partial charge in [-0.1, -0.05) is 12.8 Å². The highest BCUT2D eigenvalue weighted by molar-refractivity contribution is 4.86. The molecule has 0 atom stereocenters. The third-order valence-electron chi connectivity index (χ3n) is 3.07. The van der Waals surface area contributed by atoms with E-state index in [9.17, 15) is 5.11 Å². The first-order valence-corrected chi connectivity index (χ1v) is 5.69. The predicted molar refractivity (Wildman–Crippen MR) is 58.5 cm³/mol. The molecule has 84 valence electrons. The number of hydrogen-bond acceptors (Lipinski definition) is 3. The average molecular weight is 209 g/mol. The minimum absolute atomic E-state index is 0.440. The number of hydrogen-bond donors (Lipinski definition) is 2. The Hall–Kier alpha value is -0.870. The Labute approximate surface area is 90.3 Å². The maximum atomic E-state index is 10.1. The quantitative estimate of drug-likeness (QED) is 0.704. The molecule has 0 unspecified atom stereocenters. The molecule has 15 heavy (non-hydrogen) atoms. The fourth-order valence-corrected chi connectivity index (χ4v) is 2.16. The number of rotatable bonds is 5. The van der Waals surface area contributed by atoms with Gasteiger partial charge < -0.3 is 10.4 Å². The third-order valence-corrected chi connectivity index (χ3v) is 3.07. The van der Waals surface area contributed by atoms with Crippen LogP contribution in [-0.2, 0) is 6.54 Å². The smallest absolute Gasteiger partial charge is 0.0771 e. The maximum Gasteiger partial charge on any atom is 0.0771 e. The van der Waals surface area contributed by atoms with E-state index in [0.29, 0.717) is 6.54 Å². The second-order valence-corrected chi connectivity index (χ2v) is 4.38. The van der Waals surface area contributed by atoms with Crippen molar-refractivity contribution in [2.75, 3.05) is 13.1 Å². The number of aliphatic hydroxyl groups is 1. The van der Waals surface area contributed by atoms with E-state index in [4.69, 9.17) is 0 Å². The fourth-order valence-electron chi connectivity index (χ4n) is 2.16. The summed E-state index contributed by atoms with van der Waals surface area (Å²) in [6.07, 6.45) is 7.95. The van der Waals surface area contributed by atoms with E-state index < -0.39 is 5.60 Å². The van der Waals surface area contributed by atoms with Crippen LogP contribution in [0.25, 0.3) is 0 Å². The minimum atomic E-state index is -0.440. The van der Waals surface area contributed by atoms with Crippen LogP contribution in [0.2, 0.25) is 0 Å². The lowest BCUT2D eigenvalue weighted by molar-refractivity contribution is 0.0477.